The first kappa shape index (κ1) is 33.2. The predicted molar refractivity (Wildman–Crippen MR) is 238 cm³/mol. The van der Waals surface area contributed by atoms with E-state index in [1.165, 1.54) is 43.6 Å². The number of nitrogens with zero attached hydrogens (tertiary/aromatic N) is 1. The van der Waals surface area contributed by atoms with Crippen molar-refractivity contribution in [1.82, 2.24) is 0 Å². The predicted octanol–water partition coefficient (Wildman–Crippen LogP) is 15.3. The first-order valence-corrected chi connectivity index (χ1v) is 19.0. The summed E-state index contributed by atoms with van der Waals surface area (Å²) in [6, 6.07) is 71.5. The number of allylic oxidation sites excluding steroid dienone is 2. The van der Waals surface area contributed by atoms with Gasteiger partial charge in [0.1, 0.15) is 11.3 Å². The topological polar surface area (TPSA) is 16.4 Å². The lowest BCUT2D eigenvalue weighted by Crippen LogP contribution is -2.12. The average Bonchev–Trinajstić information content (AvgIpc) is 3.68. The molecule has 0 saturated carbocycles. The molecule has 0 N–H and O–H groups in total. The minimum absolute atomic E-state index is 0.794. The van der Waals surface area contributed by atoms with Gasteiger partial charge in [-0.1, -0.05) is 176 Å². The van der Waals surface area contributed by atoms with Crippen LogP contribution in [0.3, 0.4) is 0 Å². The van der Waals surface area contributed by atoms with Crippen LogP contribution in [-0.4, -0.2) is 0 Å². The maximum absolute atomic E-state index is 6.65. The van der Waals surface area contributed by atoms with Gasteiger partial charge >= 0.3 is 0 Å². The third-order valence-electron chi connectivity index (χ3n) is 10.8. The fraction of sp³-hybridized carbons (Fsp3) is 0. The molecular formula is C54H37NO. The van der Waals surface area contributed by atoms with E-state index in [4.69, 9.17) is 4.42 Å². The minimum Gasteiger partial charge on any atom is -0.456 e. The maximum Gasteiger partial charge on any atom is 0.136 e. The summed E-state index contributed by atoms with van der Waals surface area (Å²) in [5.41, 5.74) is 10.8. The molecule has 56 heavy (non-hydrogen) atoms. The third kappa shape index (κ3) is 5.95. The largest absolute Gasteiger partial charge is 0.456 e. The van der Waals surface area contributed by atoms with Gasteiger partial charge in [-0.15, -0.1) is 0 Å². The highest BCUT2D eigenvalue weighted by Crippen LogP contribution is 2.44. The third-order valence-corrected chi connectivity index (χ3v) is 10.8. The molecule has 0 saturated heterocycles. The zero-order valence-electron chi connectivity index (χ0n) is 30.8. The van der Waals surface area contributed by atoms with E-state index in [1.807, 2.05) is 6.08 Å². The van der Waals surface area contributed by atoms with E-state index >= 15 is 0 Å². The van der Waals surface area contributed by atoms with E-state index in [2.05, 4.69) is 218 Å². The summed E-state index contributed by atoms with van der Waals surface area (Å²) in [7, 11) is 0. The Bertz CT molecular complexity index is 3030. The summed E-state index contributed by atoms with van der Waals surface area (Å²) >= 11 is 0. The molecule has 0 fully saturated rings. The van der Waals surface area contributed by atoms with Crippen molar-refractivity contribution in [3.63, 3.8) is 0 Å². The number of hydrogen-bond acceptors (Lipinski definition) is 2. The molecule has 9 aromatic carbocycles. The van der Waals surface area contributed by atoms with Gasteiger partial charge in [0.15, 0.2) is 0 Å². The number of fused-ring (bicyclic) bond motifs is 4. The first-order chi connectivity index (χ1) is 27.7. The number of rotatable bonds is 8. The zero-order valence-corrected chi connectivity index (χ0v) is 30.8. The van der Waals surface area contributed by atoms with Gasteiger partial charge < -0.3 is 9.32 Å². The van der Waals surface area contributed by atoms with Crippen LogP contribution in [0.4, 0.5) is 17.1 Å². The summed E-state index contributed by atoms with van der Waals surface area (Å²) in [5, 5.41) is 8.28. The summed E-state index contributed by atoms with van der Waals surface area (Å²) in [6.45, 7) is 4.12. The first-order valence-electron chi connectivity index (χ1n) is 19.0. The number of benzene rings is 9. The van der Waals surface area contributed by atoms with E-state index in [0.29, 0.717) is 0 Å². The smallest absolute Gasteiger partial charge is 0.136 e. The van der Waals surface area contributed by atoms with Gasteiger partial charge in [0.2, 0.25) is 0 Å². The minimum atomic E-state index is 0.794. The molecule has 1 heterocycles. The van der Waals surface area contributed by atoms with E-state index in [1.54, 1.807) is 0 Å². The second kappa shape index (κ2) is 14.1. The van der Waals surface area contributed by atoms with Gasteiger partial charge in [-0.05, 0) is 91.6 Å². The molecule has 0 spiro atoms. The Labute approximate surface area is 326 Å². The molecule has 10 rings (SSSR count). The monoisotopic (exact) mass is 715 g/mol. The number of furan rings is 1. The van der Waals surface area contributed by atoms with Crippen molar-refractivity contribution in [2.24, 2.45) is 0 Å². The molecule has 10 aromatic rings. The average molecular weight is 716 g/mol. The normalized spacial score (nSPS) is 11.8. The number of anilines is 3. The Morgan fingerprint density at radius 3 is 1.75 bits per heavy atom. The lowest BCUT2D eigenvalue weighted by atomic mass is 9.96. The van der Waals surface area contributed by atoms with Crippen LogP contribution >= 0.6 is 0 Å². The van der Waals surface area contributed by atoms with Gasteiger partial charge in [0.25, 0.3) is 0 Å². The molecule has 2 heteroatoms. The van der Waals surface area contributed by atoms with Crippen molar-refractivity contribution in [1.29, 1.82) is 0 Å². The van der Waals surface area contributed by atoms with Crippen molar-refractivity contribution in [3.05, 3.63) is 230 Å². The van der Waals surface area contributed by atoms with Gasteiger partial charge in [-0.25, -0.2) is 0 Å². The van der Waals surface area contributed by atoms with E-state index in [0.717, 1.165) is 55.9 Å². The summed E-state index contributed by atoms with van der Waals surface area (Å²) < 4.78 is 6.65. The van der Waals surface area contributed by atoms with Crippen LogP contribution in [-0.2, 0) is 0 Å². The van der Waals surface area contributed by atoms with E-state index in [-0.39, 0.29) is 0 Å². The molecule has 0 aliphatic carbocycles. The molecule has 0 unspecified atom stereocenters. The van der Waals surface area contributed by atoms with Crippen molar-refractivity contribution < 1.29 is 4.42 Å². The molecule has 0 aliphatic rings. The molecule has 0 aliphatic heterocycles. The van der Waals surface area contributed by atoms with Crippen molar-refractivity contribution in [2.45, 2.75) is 0 Å². The summed E-state index contributed by atoms with van der Waals surface area (Å²) in [4.78, 5) is 2.37. The van der Waals surface area contributed by atoms with E-state index < -0.39 is 0 Å². The molecule has 1 aromatic heterocycles. The van der Waals surface area contributed by atoms with Crippen LogP contribution < -0.4 is 4.90 Å². The Kier molecular flexibility index (Phi) is 8.35. The molecule has 0 radical (unpaired) electrons. The Morgan fingerprint density at radius 1 is 0.446 bits per heavy atom. The van der Waals surface area contributed by atoms with Crippen LogP contribution in [0.2, 0.25) is 0 Å². The molecule has 0 amide bonds. The molecule has 2 nitrogen and oxygen atoms in total. The van der Waals surface area contributed by atoms with Crippen molar-refractivity contribution >= 4 is 65.9 Å². The number of hydrogen-bond donors (Lipinski definition) is 0. The SMILES string of the molecule is C=C/C=C(\c1cc2cc3ccccc3cc2o1)c1ccccc1N(c1ccc(-c2ccc(-c3cccc4ccccc34)cc2)cc1)c1cccc2ccccc12. The van der Waals surface area contributed by atoms with Crippen LogP contribution in [0, 0.1) is 0 Å². The Morgan fingerprint density at radius 2 is 1.00 bits per heavy atom. The van der Waals surface area contributed by atoms with Crippen LogP contribution in [0.5, 0.6) is 0 Å². The summed E-state index contributed by atoms with van der Waals surface area (Å²) in [6.07, 6.45) is 3.90. The van der Waals surface area contributed by atoms with Crippen molar-refractivity contribution in [3.8, 4) is 22.3 Å². The highest BCUT2D eigenvalue weighted by atomic mass is 16.3. The molecular weight excluding hydrogens is 679 g/mol. The summed E-state index contributed by atoms with van der Waals surface area (Å²) in [5.74, 6) is 0.794. The standard InChI is InChI=1S/C54H37NO/c1-2-13-50(54-36-44-34-42-16-3-4-17-43(42)35-53(44)56-54)49-22-9-10-24-52(49)55(51-25-12-19-40-15-6-8-21-48(40)51)45-32-30-38(31-33-45)37-26-28-41(29-27-37)47-23-11-18-39-14-5-7-20-46(39)47/h2-36H,1H2/b50-13-. The van der Waals surface area contributed by atoms with Crippen LogP contribution in [0.15, 0.2) is 223 Å². The zero-order chi connectivity index (χ0) is 37.4. The van der Waals surface area contributed by atoms with Gasteiger partial charge in [0.05, 0.1) is 11.4 Å². The lowest BCUT2D eigenvalue weighted by molar-refractivity contribution is 0.601. The fourth-order valence-corrected chi connectivity index (χ4v) is 8.11. The quantitative estimate of drug-likeness (QED) is 0.146. The Hall–Kier alpha value is -7.42. The molecule has 264 valence electrons. The maximum atomic E-state index is 6.65. The highest BCUT2D eigenvalue weighted by Gasteiger charge is 2.22. The van der Waals surface area contributed by atoms with Gasteiger partial charge in [0, 0.05) is 27.6 Å². The van der Waals surface area contributed by atoms with Gasteiger partial charge in [-0.2, -0.15) is 0 Å². The molecule has 0 bridgehead atoms. The number of para-hydroxylation sites is 1. The van der Waals surface area contributed by atoms with Crippen LogP contribution in [0.25, 0.3) is 71.1 Å². The molecule has 0 atom stereocenters. The van der Waals surface area contributed by atoms with Crippen LogP contribution in [0.1, 0.15) is 11.3 Å². The highest BCUT2D eigenvalue weighted by molar-refractivity contribution is 6.03. The lowest BCUT2D eigenvalue weighted by Gasteiger charge is -2.29. The van der Waals surface area contributed by atoms with Gasteiger partial charge in [-0.3, -0.25) is 0 Å². The Balaban J connectivity index is 1.08. The second-order valence-electron chi connectivity index (χ2n) is 14.2. The second-order valence-corrected chi connectivity index (χ2v) is 14.2. The van der Waals surface area contributed by atoms with E-state index in [9.17, 15) is 0 Å². The van der Waals surface area contributed by atoms with Crippen molar-refractivity contribution in [2.75, 3.05) is 4.90 Å². The fourth-order valence-electron chi connectivity index (χ4n) is 8.11.